The smallest absolute Gasteiger partial charge is 0.307 e. The van der Waals surface area contributed by atoms with Crippen LogP contribution >= 0.6 is 46.9 Å². The molecule has 4 amide bonds. The van der Waals surface area contributed by atoms with Crippen molar-refractivity contribution < 1.29 is 191 Å². The minimum absolute atomic E-state index is 0. The van der Waals surface area contributed by atoms with Gasteiger partial charge in [0.15, 0.2) is 47.0 Å². The van der Waals surface area contributed by atoms with E-state index in [1.807, 2.05) is 0 Å². The van der Waals surface area contributed by atoms with Gasteiger partial charge in [-0.1, -0.05) is 33.8 Å². The Labute approximate surface area is 630 Å². The summed E-state index contributed by atoms with van der Waals surface area (Å²) in [5.41, 5.74) is 7.95. The molecule has 4 aromatic rings. The fraction of sp³-hybridized carbons (Fsp3) is 0.615. The Bertz CT molecular complexity index is 4290. The monoisotopic (exact) mass is 1720 g/mol. The van der Waals surface area contributed by atoms with Crippen LogP contribution in [0.5, 0.6) is 0 Å². The zero-order valence-corrected chi connectivity index (χ0v) is 63.9. The summed E-state index contributed by atoms with van der Waals surface area (Å²) in [6.45, 7) is -0.979. The molecule has 15 unspecified atom stereocenters. The van der Waals surface area contributed by atoms with E-state index in [1.54, 1.807) is 0 Å². The molecule has 4 aromatic heterocycles. The SMILES string of the molecule is CC(C)(COP(=O)([O-])OP(=O)([O-])OCC1OC(n2cnc3c(N)ncnc32)C(O)C1OP(=O)([O-])[O-])C(O)C(=O)NCCC(=O)NCCC(=O)/C=C/CC(=O)O.CC(C)(COP(=O)([O-])OP(=O)([O-])OCC1OC(n2cnc3c(N)ncnc32)C(O)C1OP(=O)([O-])[O-])C(O)C(=O)NCCC(=O)NCCC(=O)C(O)CCC(=O)O.O. The van der Waals surface area contributed by atoms with Gasteiger partial charge in [0.05, 0.1) is 61.1 Å². The van der Waals surface area contributed by atoms with Gasteiger partial charge in [-0.3, -0.25) is 65.8 Å². The van der Waals surface area contributed by atoms with Crippen molar-refractivity contribution in [2.75, 3.05) is 64.1 Å². The summed E-state index contributed by atoms with van der Waals surface area (Å²) >= 11 is 0. The molecule has 6 rings (SSSR count). The number of aliphatic hydroxyl groups excluding tert-OH is 5. The van der Waals surface area contributed by atoms with Crippen LogP contribution in [0.3, 0.4) is 0 Å². The molecule has 0 bridgehead atoms. The maximum absolute atomic E-state index is 12.5. The summed E-state index contributed by atoms with van der Waals surface area (Å²) < 4.78 is 120. The molecule has 0 saturated carbocycles. The zero-order valence-electron chi connectivity index (χ0n) is 58.5. The minimum Gasteiger partial charge on any atom is -0.790 e. The number of carbonyl (C=O) groups excluding carboxylic acids is 6. The quantitative estimate of drug-likeness (QED) is 0.0144. The number of anilines is 2. The number of imidazole rings is 2. The van der Waals surface area contributed by atoms with Gasteiger partial charge in [-0.05, 0) is 12.5 Å². The Morgan fingerprint density at radius 3 is 1.30 bits per heavy atom. The van der Waals surface area contributed by atoms with Crippen molar-refractivity contribution in [3.63, 3.8) is 0 Å². The number of hydrogen-bond donors (Lipinski definition) is 13. The van der Waals surface area contributed by atoms with Crippen molar-refractivity contribution in [3.05, 3.63) is 37.5 Å². The van der Waals surface area contributed by atoms with Crippen LogP contribution in [0.2, 0.25) is 0 Å². The number of nitrogens with two attached hydrogens (primary N) is 2. The van der Waals surface area contributed by atoms with Gasteiger partial charge in [0.1, 0.15) is 78.6 Å². The first-order valence-corrected chi connectivity index (χ1v) is 40.5. The molecule has 6 heterocycles. The van der Waals surface area contributed by atoms with E-state index in [0.717, 1.165) is 74.3 Å². The number of carbonyl (C=O) groups is 8. The molecule has 0 aliphatic carbocycles. The van der Waals surface area contributed by atoms with Crippen LogP contribution in [-0.4, -0.2) is 235 Å². The number of amides is 4. The number of nitrogens with one attached hydrogen (secondary N) is 4. The number of allylic oxidation sites excluding steroid dienone is 1. The number of aliphatic carboxylic acids is 2. The summed E-state index contributed by atoms with van der Waals surface area (Å²) in [7, 11) is -35.3. The number of ether oxygens (including phenoxy) is 2. The number of Topliss-reactive ketones (excluding diaryl/α,β-unsaturated/α-hetero) is 1. The first-order chi connectivity index (χ1) is 51.2. The van der Waals surface area contributed by atoms with Crippen molar-refractivity contribution in [2.24, 2.45) is 10.8 Å². The normalized spacial score (nSPS) is 21.8. The number of aliphatic hydroxyl groups is 5. The van der Waals surface area contributed by atoms with Crippen molar-refractivity contribution in [2.45, 2.75) is 140 Å². The number of nitrogens with zero attached hydrogens (tertiary/aromatic N) is 8. The van der Waals surface area contributed by atoms with Crippen LogP contribution in [-0.2, 0) is 111 Å². The van der Waals surface area contributed by atoms with E-state index in [4.69, 9.17) is 31.2 Å². The molecule has 632 valence electrons. The third-order valence-corrected chi connectivity index (χ3v) is 21.1. The number of nitrogen functional groups attached to an aromatic ring is 2. The highest BCUT2D eigenvalue weighted by Crippen LogP contribution is 2.58. The van der Waals surface area contributed by atoms with Gasteiger partial charge < -0.3 is 159 Å². The Morgan fingerprint density at radius 2 is 0.929 bits per heavy atom. The number of hydrogen-bond acceptors (Lipinski definition) is 45. The number of carboxylic acids is 2. The van der Waals surface area contributed by atoms with Crippen molar-refractivity contribution in [3.8, 4) is 0 Å². The van der Waals surface area contributed by atoms with E-state index in [0.29, 0.717) is 0 Å². The third kappa shape index (κ3) is 31.0. The zero-order chi connectivity index (χ0) is 83.6. The highest BCUT2D eigenvalue weighted by atomic mass is 31.3. The number of aromatic nitrogens is 8. The molecule has 60 heteroatoms. The molecular weight excluding hydrogens is 1650 g/mol. The third-order valence-electron chi connectivity index (χ3n) is 15.1. The number of carboxylic acid groups (broad SMARTS) is 2. The molecule has 0 aromatic carbocycles. The maximum atomic E-state index is 12.5. The van der Waals surface area contributed by atoms with Crippen LogP contribution in [0.15, 0.2) is 37.5 Å². The van der Waals surface area contributed by atoms with E-state index in [2.05, 4.69) is 86.9 Å². The van der Waals surface area contributed by atoms with Crippen molar-refractivity contribution in [1.82, 2.24) is 60.3 Å². The van der Waals surface area contributed by atoms with Gasteiger partial charge in [0.2, 0.25) is 23.6 Å². The van der Waals surface area contributed by atoms with Gasteiger partial charge in [-0.15, -0.1) is 0 Å². The van der Waals surface area contributed by atoms with E-state index in [-0.39, 0.29) is 104 Å². The predicted molar refractivity (Wildman–Crippen MR) is 349 cm³/mol. The molecule has 0 spiro atoms. The molecule has 2 fully saturated rings. The fourth-order valence-corrected chi connectivity index (χ4v) is 14.9. The van der Waals surface area contributed by atoms with Gasteiger partial charge >= 0.3 is 11.9 Å². The lowest BCUT2D eigenvalue weighted by atomic mass is 9.87. The molecule has 15 atom stereocenters. The second kappa shape index (κ2) is 41.5. The summed E-state index contributed by atoms with van der Waals surface area (Å²) in [6, 6.07) is 0. The number of ketones is 2. The van der Waals surface area contributed by atoms with Gasteiger partial charge in [0.25, 0.3) is 31.3 Å². The lowest BCUT2D eigenvalue weighted by Gasteiger charge is -2.36. The summed E-state index contributed by atoms with van der Waals surface area (Å²) in [4.78, 5) is 212. The second-order valence-electron chi connectivity index (χ2n) is 24.8. The van der Waals surface area contributed by atoms with Crippen molar-refractivity contribution in [1.29, 1.82) is 0 Å². The molecule has 2 aliphatic heterocycles. The van der Waals surface area contributed by atoms with Crippen LogP contribution < -0.4 is 71.9 Å². The molecular formula is C52H76N14O40P6-8. The molecule has 2 saturated heterocycles. The second-order valence-corrected chi connectivity index (χ2v) is 33.0. The summed E-state index contributed by atoms with van der Waals surface area (Å²) in [5.74, 6) is -7.04. The first-order valence-electron chi connectivity index (χ1n) is 31.7. The first kappa shape index (κ1) is 97.4. The van der Waals surface area contributed by atoms with E-state index in [1.165, 1.54) is 0 Å². The van der Waals surface area contributed by atoms with Crippen LogP contribution in [0.1, 0.15) is 85.1 Å². The standard InChI is InChI=1S/C26H42N7O20P3.C26H40N7O19P3.H2O/c1-26(2,21(40)24(41)29-8-6-16(36)28-7-5-14(35)13(34)3-4-17(37)38)10-50-56(47,48)53-55(45,46)49-9-15-20(52-54(42,43)44)19(39)25(51-15)33-12-32-18-22(27)30-11-31-23(18)33;1-26(2,21(39)24(40)29-9-7-16(35)28-8-6-14(34)4-3-5-17(36)37)11-49-55(46,47)52-54(44,45)48-10-15-20(51-53(41,42)43)19(38)25(50-15)33-13-32-18-22(27)30-12-31-23(18)33;/h11-13,15,19-21,25,34,39-40H,3-10H2,1-2H3,(H,28,36)(H,29,41)(H,37,38)(H,45,46)(H,47,48)(H2,27,30,31)(H2,42,43,44);3-4,12-13,15,19-21,25,38-39H,5-11H2,1-2H3,(H,28,35)(H,29,40)(H,36,37)(H,44,45)(H,46,47)(H2,27,30,31)(H2,41,42,43);1H2/p-8/b;4-3+;. The van der Waals surface area contributed by atoms with E-state index >= 15 is 0 Å². The van der Waals surface area contributed by atoms with Gasteiger partial charge in [-0.25, -0.2) is 38.5 Å². The molecule has 0 radical (unpaired) electrons. The van der Waals surface area contributed by atoms with Crippen LogP contribution in [0.4, 0.5) is 11.6 Å². The summed E-state index contributed by atoms with van der Waals surface area (Å²) in [6.07, 6.45) is -16.5. The molecule has 112 heavy (non-hydrogen) atoms. The Morgan fingerprint density at radius 1 is 0.554 bits per heavy atom. The molecule has 17 N–H and O–H groups in total. The highest BCUT2D eigenvalue weighted by molar-refractivity contribution is 7.60. The Kier molecular flexibility index (Phi) is 36.1. The Hall–Kier alpha value is -6.98. The number of fused-ring (bicyclic) bond motifs is 2. The highest BCUT2D eigenvalue weighted by Gasteiger charge is 2.49. The number of phosphoric acid groups is 6. The molecule has 54 nitrogen and oxygen atoms in total. The summed E-state index contributed by atoms with van der Waals surface area (Å²) in [5, 5.41) is 78.4. The fourth-order valence-electron chi connectivity index (χ4n) is 9.45. The van der Waals surface area contributed by atoms with Gasteiger partial charge in [0, 0.05) is 69.1 Å². The van der Waals surface area contributed by atoms with Crippen LogP contribution in [0.25, 0.3) is 22.3 Å². The lowest BCUT2D eigenvalue weighted by Crippen LogP contribution is -2.46. The van der Waals surface area contributed by atoms with Crippen LogP contribution in [0, 0.1) is 10.8 Å². The topological polar surface area (TPSA) is 876 Å². The predicted octanol–water partition coefficient (Wildman–Crippen LogP) is -9.90. The van der Waals surface area contributed by atoms with Gasteiger partial charge in [-0.2, -0.15) is 0 Å². The van der Waals surface area contributed by atoms with Crippen molar-refractivity contribution >= 4 is 128 Å². The largest absolute Gasteiger partial charge is 0.790 e. The average molecular weight is 1720 g/mol. The Balaban J connectivity index is 0.000000468. The molecule has 2 aliphatic rings. The van der Waals surface area contributed by atoms with E-state index in [9.17, 15) is 130 Å². The number of phosphoric ester groups is 6. The lowest BCUT2D eigenvalue weighted by molar-refractivity contribution is -0.348. The average Bonchev–Trinajstić information content (AvgIpc) is 1.62. The number of rotatable bonds is 45. The maximum Gasteiger partial charge on any atom is 0.307 e. The van der Waals surface area contributed by atoms with E-state index < -0.39 is 205 Å². The minimum atomic E-state index is -5.95.